The molecule has 0 spiro atoms. The van der Waals surface area contributed by atoms with Gasteiger partial charge in [0.05, 0.1) is 4.90 Å². The largest absolute Gasteiger partial charge is 0.294 e. The number of hydrogen-bond donors (Lipinski definition) is 1. The minimum atomic E-state index is -4.07. The Kier molecular flexibility index (Phi) is 2.84. The molecule has 1 rings (SSSR count). The van der Waals surface area contributed by atoms with Crippen LogP contribution in [0.3, 0.4) is 0 Å². The molecule has 0 bridgehead atoms. The monoisotopic (exact) mass is 222 g/mol. The average molecular weight is 222 g/mol. The van der Waals surface area contributed by atoms with Gasteiger partial charge in [0, 0.05) is 0 Å². The Balaban J connectivity index is 3.37. The molecule has 0 saturated carbocycles. The quantitative estimate of drug-likeness (QED) is 0.534. The Bertz CT molecular complexity index is 379. The third-order valence-electron chi connectivity index (χ3n) is 1.25. The van der Waals surface area contributed by atoms with Gasteiger partial charge in [0.15, 0.2) is 0 Å². The van der Waals surface area contributed by atoms with Gasteiger partial charge >= 0.3 is 0 Å². The molecule has 12 heavy (non-hydrogen) atoms. The van der Waals surface area contributed by atoms with E-state index in [4.69, 9.17) is 4.55 Å². The zero-order chi connectivity index (χ0) is 9.35. The van der Waals surface area contributed by atoms with E-state index >= 15 is 0 Å². The van der Waals surface area contributed by atoms with E-state index in [1.807, 2.05) is 0 Å². The topological polar surface area (TPSA) is 54.4 Å². The van der Waals surface area contributed by atoms with Crippen molar-refractivity contribution in [3.63, 3.8) is 0 Å². The molecule has 2 atom stereocenters. The molecule has 66 valence electrons. The standard InChI is InChI=1S/C6H8O3P2S/c7-12(8,9)6-2-4(10)1-5(11)3-6/h1-3H,10-11H2,(H,7,8,9). The molecule has 0 saturated heterocycles. The lowest BCUT2D eigenvalue weighted by atomic mass is 10.4. The van der Waals surface area contributed by atoms with Gasteiger partial charge in [-0.3, -0.25) is 4.55 Å². The third-order valence-corrected chi connectivity index (χ3v) is 2.75. The minimum Gasteiger partial charge on any atom is -0.282 e. The van der Waals surface area contributed by atoms with Crippen LogP contribution in [0.2, 0.25) is 0 Å². The molecule has 0 aliphatic carbocycles. The molecule has 0 amide bonds. The number of rotatable bonds is 1. The number of hydrogen-bond acceptors (Lipinski definition) is 2. The highest BCUT2D eigenvalue weighted by Crippen LogP contribution is 2.06. The van der Waals surface area contributed by atoms with Gasteiger partial charge in [-0.05, 0) is 28.8 Å². The van der Waals surface area contributed by atoms with Gasteiger partial charge in [-0.15, -0.1) is 18.5 Å². The smallest absolute Gasteiger partial charge is 0.282 e. The van der Waals surface area contributed by atoms with E-state index in [1.54, 1.807) is 6.07 Å². The van der Waals surface area contributed by atoms with Gasteiger partial charge in [0.2, 0.25) is 0 Å². The molecule has 0 radical (unpaired) electrons. The fraction of sp³-hybridized carbons (Fsp3) is 0. The van der Waals surface area contributed by atoms with Crippen molar-refractivity contribution in [2.45, 2.75) is 4.90 Å². The van der Waals surface area contributed by atoms with Gasteiger partial charge in [-0.2, -0.15) is 8.42 Å². The molecule has 1 N–H and O–H groups in total. The van der Waals surface area contributed by atoms with Crippen molar-refractivity contribution in [3.8, 4) is 0 Å². The highest BCUT2D eigenvalue weighted by atomic mass is 32.2. The summed E-state index contributed by atoms with van der Waals surface area (Å²) in [5.74, 6) is 0. The van der Waals surface area contributed by atoms with Crippen LogP contribution in [0.15, 0.2) is 23.1 Å². The first-order chi connectivity index (χ1) is 5.39. The van der Waals surface area contributed by atoms with Crippen molar-refractivity contribution in [2.75, 3.05) is 0 Å². The van der Waals surface area contributed by atoms with Crippen LogP contribution >= 0.6 is 18.5 Å². The third kappa shape index (κ3) is 2.49. The Morgan fingerprint density at radius 3 is 1.83 bits per heavy atom. The molecule has 1 aromatic rings. The summed E-state index contributed by atoms with van der Waals surface area (Å²) in [6, 6.07) is 4.53. The molecular weight excluding hydrogens is 214 g/mol. The van der Waals surface area contributed by atoms with Gasteiger partial charge < -0.3 is 0 Å². The maximum Gasteiger partial charge on any atom is 0.294 e. The summed E-state index contributed by atoms with van der Waals surface area (Å²) in [5.41, 5.74) is 0. The van der Waals surface area contributed by atoms with Crippen molar-refractivity contribution in [2.24, 2.45) is 0 Å². The van der Waals surface area contributed by atoms with E-state index in [2.05, 4.69) is 18.5 Å². The van der Waals surface area contributed by atoms with Gasteiger partial charge in [-0.25, -0.2) is 0 Å². The lowest BCUT2D eigenvalue weighted by molar-refractivity contribution is 0.483. The summed E-state index contributed by atoms with van der Waals surface area (Å²) in [6.45, 7) is 0. The van der Waals surface area contributed by atoms with Crippen LogP contribution in [0.25, 0.3) is 0 Å². The molecule has 0 heterocycles. The van der Waals surface area contributed by atoms with Crippen LogP contribution in [0.1, 0.15) is 0 Å². The van der Waals surface area contributed by atoms with Crippen LogP contribution < -0.4 is 10.6 Å². The zero-order valence-electron chi connectivity index (χ0n) is 6.06. The van der Waals surface area contributed by atoms with Crippen LogP contribution in [-0.4, -0.2) is 13.0 Å². The second-order valence-corrected chi connectivity index (χ2v) is 5.07. The van der Waals surface area contributed by atoms with Crippen LogP contribution in [0.5, 0.6) is 0 Å². The summed E-state index contributed by atoms with van der Waals surface area (Å²) >= 11 is 0. The maximum absolute atomic E-state index is 10.7. The zero-order valence-corrected chi connectivity index (χ0v) is 9.18. The van der Waals surface area contributed by atoms with Gasteiger partial charge in [0.25, 0.3) is 10.1 Å². The van der Waals surface area contributed by atoms with Crippen LogP contribution in [0, 0.1) is 0 Å². The van der Waals surface area contributed by atoms with E-state index in [9.17, 15) is 8.42 Å². The summed E-state index contributed by atoms with van der Waals surface area (Å²) in [7, 11) is 0.658. The molecule has 2 unspecified atom stereocenters. The second kappa shape index (κ2) is 3.39. The second-order valence-electron chi connectivity index (χ2n) is 2.31. The van der Waals surface area contributed by atoms with Crippen molar-refractivity contribution in [3.05, 3.63) is 18.2 Å². The van der Waals surface area contributed by atoms with Crippen molar-refractivity contribution in [1.82, 2.24) is 0 Å². The highest BCUT2D eigenvalue weighted by Gasteiger charge is 2.09. The molecule has 0 aromatic heterocycles. The van der Waals surface area contributed by atoms with E-state index in [0.717, 1.165) is 10.6 Å². The Labute approximate surface area is 75.7 Å². The first-order valence-corrected chi connectivity index (χ1v) is 5.62. The predicted molar refractivity (Wildman–Crippen MR) is 54.9 cm³/mol. The van der Waals surface area contributed by atoms with E-state index in [-0.39, 0.29) is 4.90 Å². The normalized spacial score (nSPS) is 11.6. The van der Waals surface area contributed by atoms with E-state index in [1.165, 1.54) is 12.1 Å². The molecule has 0 aliphatic rings. The molecule has 0 aliphatic heterocycles. The first-order valence-electron chi connectivity index (χ1n) is 3.03. The Hall–Kier alpha value is -0.0100. The van der Waals surface area contributed by atoms with Crippen LogP contribution in [-0.2, 0) is 10.1 Å². The Morgan fingerprint density at radius 2 is 1.50 bits per heavy atom. The fourth-order valence-corrected chi connectivity index (χ4v) is 2.54. The molecule has 1 aromatic carbocycles. The average Bonchev–Trinajstić information content (AvgIpc) is 1.82. The molecular formula is C6H8O3P2S. The van der Waals surface area contributed by atoms with E-state index < -0.39 is 10.1 Å². The molecule has 3 nitrogen and oxygen atoms in total. The molecule has 0 fully saturated rings. The Morgan fingerprint density at radius 1 is 1.08 bits per heavy atom. The minimum absolute atomic E-state index is 0.0833. The summed E-state index contributed by atoms with van der Waals surface area (Å²) in [4.78, 5) is -0.0833. The first kappa shape index (κ1) is 10.1. The summed E-state index contributed by atoms with van der Waals surface area (Å²) in [6.07, 6.45) is 0. The van der Waals surface area contributed by atoms with Crippen molar-refractivity contribution < 1.29 is 13.0 Å². The van der Waals surface area contributed by atoms with Crippen molar-refractivity contribution in [1.29, 1.82) is 0 Å². The fourth-order valence-electron chi connectivity index (χ4n) is 0.795. The highest BCUT2D eigenvalue weighted by molar-refractivity contribution is 7.85. The van der Waals surface area contributed by atoms with E-state index in [0.29, 0.717) is 0 Å². The SMILES string of the molecule is O=S(=O)(O)c1cc(P)cc(P)c1. The lowest BCUT2D eigenvalue weighted by Gasteiger charge is -2.00. The summed E-state index contributed by atoms with van der Waals surface area (Å²) < 4.78 is 30.0. The van der Waals surface area contributed by atoms with Crippen molar-refractivity contribution >= 4 is 39.2 Å². The summed E-state index contributed by atoms with van der Waals surface area (Å²) in [5, 5.41) is 1.44. The van der Waals surface area contributed by atoms with Gasteiger partial charge in [-0.1, -0.05) is 0 Å². The van der Waals surface area contributed by atoms with Crippen LogP contribution in [0.4, 0.5) is 0 Å². The lowest BCUT2D eigenvalue weighted by Crippen LogP contribution is -2.07. The predicted octanol–water partition coefficient (Wildman–Crippen LogP) is -0.0659. The van der Waals surface area contributed by atoms with Gasteiger partial charge in [0.1, 0.15) is 0 Å². The maximum atomic E-state index is 10.7. The molecule has 6 heteroatoms. The number of benzene rings is 1.